The fraction of sp³-hybridized carbons (Fsp3) is 0.381. The first kappa shape index (κ1) is 20.3. The first-order valence-corrected chi connectivity index (χ1v) is 9.05. The lowest BCUT2D eigenvalue weighted by atomic mass is 10.1. The number of hydrogen-bond donors (Lipinski definition) is 2. The van der Waals surface area contributed by atoms with Gasteiger partial charge in [0.2, 0.25) is 5.91 Å². The lowest BCUT2D eigenvalue weighted by Crippen LogP contribution is -2.32. The van der Waals surface area contributed by atoms with E-state index in [-0.39, 0.29) is 18.3 Å². The molecule has 0 saturated carbocycles. The van der Waals surface area contributed by atoms with Crippen molar-refractivity contribution < 1.29 is 9.53 Å². The topological polar surface area (TPSA) is 50.4 Å². The monoisotopic (exact) mass is 374 g/mol. The van der Waals surface area contributed by atoms with Gasteiger partial charge in [0, 0.05) is 19.0 Å². The fourth-order valence-corrected chi connectivity index (χ4v) is 3.07. The van der Waals surface area contributed by atoms with Crippen LogP contribution in [0.15, 0.2) is 54.6 Å². The SMILES string of the molecule is Cl.O=C(CC1CCCN1)NCCc1ccc(OCc2ccccc2)cc1. The molecule has 0 aromatic heterocycles. The first-order valence-electron chi connectivity index (χ1n) is 9.05. The molecule has 1 heterocycles. The molecule has 1 unspecified atom stereocenters. The standard InChI is InChI=1S/C21H26N2O2.ClH/c24-21(15-19-7-4-13-22-19)23-14-12-17-8-10-20(11-9-17)25-16-18-5-2-1-3-6-18;/h1-3,5-6,8-11,19,22H,4,7,12-16H2,(H,23,24);1H. The predicted octanol–water partition coefficient (Wildman–Crippen LogP) is 3.49. The number of rotatable bonds is 8. The van der Waals surface area contributed by atoms with Gasteiger partial charge in [-0.15, -0.1) is 12.4 Å². The van der Waals surface area contributed by atoms with E-state index in [1.807, 2.05) is 30.3 Å². The molecule has 26 heavy (non-hydrogen) atoms. The Morgan fingerprint density at radius 2 is 1.85 bits per heavy atom. The normalized spacial score (nSPS) is 15.9. The third-order valence-corrected chi connectivity index (χ3v) is 4.50. The van der Waals surface area contributed by atoms with Crippen LogP contribution in [0.2, 0.25) is 0 Å². The lowest BCUT2D eigenvalue weighted by molar-refractivity contribution is -0.121. The molecule has 2 aromatic carbocycles. The summed E-state index contributed by atoms with van der Waals surface area (Å²) in [5, 5.41) is 6.36. The van der Waals surface area contributed by atoms with Crippen LogP contribution in [0.1, 0.15) is 30.4 Å². The van der Waals surface area contributed by atoms with E-state index in [0.717, 1.165) is 30.7 Å². The number of halogens is 1. The zero-order valence-corrected chi connectivity index (χ0v) is 15.8. The fourth-order valence-electron chi connectivity index (χ4n) is 3.07. The highest BCUT2D eigenvalue weighted by atomic mass is 35.5. The van der Waals surface area contributed by atoms with Gasteiger partial charge in [0.25, 0.3) is 0 Å². The molecule has 0 bridgehead atoms. The van der Waals surface area contributed by atoms with Crippen molar-refractivity contribution in [2.75, 3.05) is 13.1 Å². The van der Waals surface area contributed by atoms with Gasteiger partial charge >= 0.3 is 0 Å². The van der Waals surface area contributed by atoms with Gasteiger partial charge in [0.15, 0.2) is 0 Å². The van der Waals surface area contributed by atoms with E-state index in [1.165, 1.54) is 12.0 Å². The number of benzene rings is 2. The van der Waals surface area contributed by atoms with Crippen molar-refractivity contribution >= 4 is 18.3 Å². The van der Waals surface area contributed by atoms with Crippen molar-refractivity contribution in [3.63, 3.8) is 0 Å². The van der Waals surface area contributed by atoms with E-state index in [2.05, 4.69) is 34.9 Å². The second-order valence-corrected chi connectivity index (χ2v) is 6.52. The predicted molar refractivity (Wildman–Crippen MR) is 107 cm³/mol. The number of carbonyl (C=O) groups excluding carboxylic acids is 1. The van der Waals surface area contributed by atoms with Gasteiger partial charge < -0.3 is 15.4 Å². The van der Waals surface area contributed by atoms with Crippen molar-refractivity contribution in [1.29, 1.82) is 0 Å². The smallest absolute Gasteiger partial charge is 0.221 e. The Balaban J connectivity index is 0.00000243. The minimum Gasteiger partial charge on any atom is -0.489 e. The van der Waals surface area contributed by atoms with Crippen LogP contribution in [0.25, 0.3) is 0 Å². The van der Waals surface area contributed by atoms with Crippen LogP contribution in [0, 0.1) is 0 Å². The summed E-state index contributed by atoms with van der Waals surface area (Å²) in [5.74, 6) is 1.01. The molecule has 1 aliphatic heterocycles. The molecule has 1 fully saturated rings. The van der Waals surface area contributed by atoms with Crippen molar-refractivity contribution in [2.45, 2.75) is 38.3 Å². The first-order chi connectivity index (χ1) is 12.3. The summed E-state index contributed by atoms with van der Waals surface area (Å²) >= 11 is 0. The lowest BCUT2D eigenvalue weighted by Gasteiger charge is -2.11. The van der Waals surface area contributed by atoms with Crippen LogP contribution in [0.4, 0.5) is 0 Å². The van der Waals surface area contributed by atoms with Crippen molar-refractivity contribution in [3.8, 4) is 5.75 Å². The number of nitrogens with one attached hydrogen (secondary N) is 2. The molecule has 0 radical (unpaired) electrons. The van der Waals surface area contributed by atoms with Crippen LogP contribution in [-0.2, 0) is 17.8 Å². The number of amides is 1. The molecule has 5 heteroatoms. The molecule has 4 nitrogen and oxygen atoms in total. The van der Waals surface area contributed by atoms with Crippen molar-refractivity contribution in [3.05, 3.63) is 65.7 Å². The minimum atomic E-state index is 0. The summed E-state index contributed by atoms with van der Waals surface area (Å²) in [6.45, 7) is 2.29. The number of carbonyl (C=O) groups is 1. The van der Waals surface area contributed by atoms with E-state index < -0.39 is 0 Å². The van der Waals surface area contributed by atoms with Gasteiger partial charge in [0.05, 0.1) is 0 Å². The second-order valence-electron chi connectivity index (χ2n) is 6.52. The highest BCUT2D eigenvalue weighted by Crippen LogP contribution is 2.14. The van der Waals surface area contributed by atoms with E-state index in [4.69, 9.17) is 4.74 Å². The van der Waals surface area contributed by atoms with Gasteiger partial charge in [-0.2, -0.15) is 0 Å². The molecule has 1 amide bonds. The molecule has 140 valence electrons. The molecule has 1 saturated heterocycles. The van der Waals surface area contributed by atoms with Gasteiger partial charge in [-0.25, -0.2) is 0 Å². The maximum atomic E-state index is 11.9. The van der Waals surface area contributed by atoms with Gasteiger partial charge in [-0.05, 0) is 49.1 Å². The van der Waals surface area contributed by atoms with Gasteiger partial charge in [0.1, 0.15) is 12.4 Å². The Morgan fingerprint density at radius 1 is 1.08 bits per heavy atom. The maximum absolute atomic E-state index is 11.9. The van der Waals surface area contributed by atoms with Gasteiger partial charge in [-0.1, -0.05) is 42.5 Å². The quantitative estimate of drug-likeness (QED) is 0.743. The summed E-state index contributed by atoms with van der Waals surface area (Å²) < 4.78 is 5.79. The molecule has 2 N–H and O–H groups in total. The van der Waals surface area contributed by atoms with Crippen molar-refractivity contribution in [2.24, 2.45) is 0 Å². The summed E-state index contributed by atoms with van der Waals surface area (Å²) in [7, 11) is 0. The highest BCUT2D eigenvalue weighted by Gasteiger charge is 2.17. The maximum Gasteiger partial charge on any atom is 0.221 e. The third kappa shape index (κ3) is 6.70. The molecule has 1 atom stereocenters. The third-order valence-electron chi connectivity index (χ3n) is 4.50. The molecule has 1 aliphatic rings. The summed E-state index contributed by atoms with van der Waals surface area (Å²) in [6, 6.07) is 18.6. The van der Waals surface area contributed by atoms with Crippen LogP contribution in [0.5, 0.6) is 5.75 Å². The van der Waals surface area contributed by atoms with E-state index >= 15 is 0 Å². The summed E-state index contributed by atoms with van der Waals surface area (Å²) in [6.07, 6.45) is 3.71. The summed E-state index contributed by atoms with van der Waals surface area (Å²) in [5.41, 5.74) is 2.36. The molecule has 3 rings (SSSR count). The largest absolute Gasteiger partial charge is 0.489 e. The Hall–Kier alpha value is -2.04. The minimum absolute atomic E-state index is 0. The van der Waals surface area contributed by atoms with Gasteiger partial charge in [-0.3, -0.25) is 4.79 Å². The Bertz CT molecular complexity index is 655. The molecular formula is C21H27ClN2O2. The van der Waals surface area contributed by atoms with Crippen LogP contribution >= 0.6 is 12.4 Å². The molecule has 0 spiro atoms. The zero-order valence-electron chi connectivity index (χ0n) is 14.9. The Labute approximate surface area is 161 Å². The zero-order chi connectivity index (χ0) is 17.3. The average molecular weight is 375 g/mol. The Kier molecular flexibility index (Phi) is 8.45. The van der Waals surface area contributed by atoms with Crippen LogP contribution < -0.4 is 15.4 Å². The van der Waals surface area contributed by atoms with E-state index in [1.54, 1.807) is 0 Å². The van der Waals surface area contributed by atoms with Crippen LogP contribution in [0.3, 0.4) is 0 Å². The highest BCUT2D eigenvalue weighted by molar-refractivity contribution is 5.85. The number of hydrogen-bond acceptors (Lipinski definition) is 3. The second kappa shape index (κ2) is 10.8. The summed E-state index contributed by atoms with van der Waals surface area (Å²) in [4.78, 5) is 11.9. The molecular weight excluding hydrogens is 348 g/mol. The number of ether oxygens (including phenoxy) is 1. The van der Waals surface area contributed by atoms with E-state index in [0.29, 0.717) is 25.6 Å². The molecule has 0 aliphatic carbocycles. The average Bonchev–Trinajstić information content (AvgIpc) is 3.15. The molecule has 2 aromatic rings. The Morgan fingerprint density at radius 3 is 2.54 bits per heavy atom. The van der Waals surface area contributed by atoms with E-state index in [9.17, 15) is 4.79 Å². The van der Waals surface area contributed by atoms with Crippen LogP contribution in [-0.4, -0.2) is 25.0 Å². The van der Waals surface area contributed by atoms with Crippen molar-refractivity contribution in [1.82, 2.24) is 10.6 Å².